The van der Waals surface area contributed by atoms with Crippen molar-refractivity contribution in [3.05, 3.63) is 35.4 Å². The van der Waals surface area contributed by atoms with Gasteiger partial charge in [0.15, 0.2) is 0 Å². The minimum Gasteiger partial charge on any atom is -0.379 e. The molecule has 2 aliphatic heterocycles. The summed E-state index contributed by atoms with van der Waals surface area (Å²) in [6, 6.07) is 6.91. The van der Waals surface area contributed by atoms with Crippen molar-refractivity contribution in [2.24, 2.45) is 0 Å². The quantitative estimate of drug-likeness (QED) is 0.825. The van der Waals surface area contributed by atoms with Crippen molar-refractivity contribution in [3.63, 3.8) is 0 Å². The summed E-state index contributed by atoms with van der Waals surface area (Å²) in [6.45, 7) is 7.00. The molecule has 2 heterocycles. The number of rotatable bonds is 5. The predicted molar refractivity (Wildman–Crippen MR) is 92.8 cm³/mol. The van der Waals surface area contributed by atoms with E-state index >= 15 is 0 Å². The normalized spacial score (nSPS) is 18.8. The van der Waals surface area contributed by atoms with E-state index in [2.05, 4.69) is 10.2 Å². The molecule has 2 fully saturated rings. The third-order valence-corrected chi connectivity index (χ3v) is 4.49. The third kappa shape index (κ3) is 5.01. The smallest absolute Gasteiger partial charge is 0.254 e. The van der Waals surface area contributed by atoms with Crippen molar-refractivity contribution in [3.8, 4) is 0 Å². The van der Waals surface area contributed by atoms with E-state index in [0.29, 0.717) is 44.0 Å². The van der Waals surface area contributed by atoms with E-state index in [1.54, 1.807) is 29.2 Å². The molecule has 1 aromatic rings. The number of carbonyl (C=O) groups is 2. The molecule has 1 N–H and O–H groups in total. The number of morpholine rings is 2. The average Bonchev–Trinajstić information content (AvgIpc) is 2.69. The molecule has 0 unspecified atom stereocenters. The van der Waals surface area contributed by atoms with Crippen LogP contribution in [0.5, 0.6) is 0 Å². The predicted octanol–water partition coefficient (Wildman–Crippen LogP) is 0.221. The molecule has 2 aliphatic rings. The summed E-state index contributed by atoms with van der Waals surface area (Å²) in [7, 11) is 0. The highest BCUT2D eigenvalue weighted by Crippen LogP contribution is 2.10. The average molecular weight is 347 g/mol. The lowest BCUT2D eigenvalue weighted by molar-refractivity contribution is 0.0303. The van der Waals surface area contributed by atoms with Crippen molar-refractivity contribution in [2.75, 3.05) is 65.7 Å². The summed E-state index contributed by atoms with van der Waals surface area (Å²) in [5.41, 5.74) is 1.06. The lowest BCUT2D eigenvalue weighted by atomic mass is 10.1. The van der Waals surface area contributed by atoms with Crippen LogP contribution < -0.4 is 5.32 Å². The second kappa shape index (κ2) is 8.94. The van der Waals surface area contributed by atoms with Crippen LogP contribution in [0.3, 0.4) is 0 Å². The van der Waals surface area contributed by atoms with Gasteiger partial charge in [0.25, 0.3) is 11.8 Å². The van der Waals surface area contributed by atoms with Crippen LogP contribution in [-0.2, 0) is 9.47 Å². The molecule has 0 saturated carbocycles. The van der Waals surface area contributed by atoms with Crippen LogP contribution >= 0.6 is 0 Å². The maximum atomic E-state index is 12.5. The SMILES string of the molecule is O=C(NCCN1CCOCC1)c1cccc(C(=O)N2CCOCC2)c1. The highest BCUT2D eigenvalue weighted by molar-refractivity contribution is 5.99. The Morgan fingerprint density at radius 2 is 1.60 bits per heavy atom. The van der Waals surface area contributed by atoms with Gasteiger partial charge in [-0.15, -0.1) is 0 Å². The number of amides is 2. The largest absolute Gasteiger partial charge is 0.379 e. The van der Waals surface area contributed by atoms with E-state index in [0.717, 1.165) is 32.8 Å². The van der Waals surface area contributed by atoms with Crippen LogP contribution in [-0.4, -0.2) is 87.3 Å². The van der Waals surface area contributed by atoms with E-state index in [4.69, 9.17) is 9.47 Å². The second-order valence-electron chi connectivity index (χ2n) is 6.20. The molecule has 136 valence electrons. The first-order chi connectivity index (χ1) is 12.2. The van der Waals surface area contributed by atoms with Gasteiger partial charge in [-0.2, -0.15) is 0 Å². The Bertz CT molecular complexity index is 596. The highest BCUT2D eigenvalue weighted by atomic mass is 16.5. The standard InChI is InChI=1S/C18H25N3O4/c22-17(19-4-5-20-6-10-24-11-7-20)15-2-1-3-16(14-15)18(23)21-8-12-25-13-9-21/h1-3,14H,4-13H2,(H,19,22). The van der Waals surface area contributed by atoms with E-state index < -0.39 is 0 Å². The Morgan fingerprint density at radius 1 is 0.960 bits per heavy atom. The molecule has 25 heavy (non-hydrogen) atoms. The third-order valence-electron chi connectivity index (χ3n) is 4.49. The van der Waals surface area contributed by atoms with Crippen LogP contribution in [0.25, 0.3) is 0 Å². The molecular formula is C18H25N3O4. The van der Waals surface area contributed by atoms with Gasteiger partial charge in [-0.3, -0.25) is 14.5 Å². The number of nitrogens with zero attached hydrogens (tertiary/aromatic N) is 2. The van der Waals surface area contributed by atoms with Gasteiger partial charge in [0, 0.05) is 50.4 Å². The maximum absolute atomic E-state index is 12.5. The van der Waals surface area contributed by atoms with Gasteiger partial charge in [-0.05, 0) is 18.2 Å². The Hall–Kier alpha value is -1.96. The number of ether oxygens (including phenoxy) is 2. The lowest BCUT2D eigenvalue weighted by Crippen LogP contribution is -2.41. The molecule has 0 spiro atoms. The molecule has 7 heteroatoms. The Kier molecular flexibility index (Phi) is 6.38. The van der Waals surface area contributed by atoms with Gasteiger partial charge < -0.3 is 19.7 Å². The van der Waals surface area contributed by atoms with Crippen LogP contribution in [0.1, 0.15) is 20.7 Å². The maximum Gasteiger partial charge on any atom is 0.254 e. The molecule has 3 rings (SSSR count). The van der Waals surface area contributed by atoms with Crippen molar-refractivity contribution in [1.82, 2.24) is 15.1 Å². The number of hydrogen-bond donors (Lipinski definition) is 1. The number of benzene rings is 1. The summed E-state index contributed by atoms with van der Waals surface area (Å²) >= 11 is 0. The van der Waals surface area contributed by atoms with Gasteiger partial charge >= 0.3 is 0 Å². The fraction of sp³-hybridized carbons (Fsp3) is 0.556. The molecule has 0 aliphatic carbocycles. The number of nitrogens with one attached hydrogen (secondary N) is 1. The highest BCUT2D eigenvalue weighted by Gasteiger charge is 2.19. The first-order valence-corrected chi connectivity index (χ1v) is 8.79. The van der Waals surface area contributed by atoms with Gasteiger partial charge in [0.2, 0.25) is 0 Å². The molecule has 0 bridgehead atoms. The van der Waals surface area contributed by atoms with Crippen molar-refractivity contribution >= 4 is 11.8 Å². The van der Waals surface area contributed by atoms with Crippen molar-refractivity contribution in [2.45, 2.75) is 0 Å². The number of hydrogen-bond acceptors (Lipinski definition) is 5. The molecule has 0 aromatic heterocycles. The first-order valence-electron chi connectivity index (χ1n) is 8.79. The Morgan fingerprint density at radius 3 is 2.32 bits per heavy atom. The zero-order chi connectivity index (χ0) is 17.5. The zero-order valence-electron chi connectivity index (χ0n) is 14.4. The van der Waals surface area contributed by atoms with Crippen LogP contribution in [0.4, 0.5) is 0 Å². The van der Waals surface area contributed by atoms with Gasteiger partial charge in [0.05, 0.1) is 26.4 Å². The summed E-state index contributed by atoms with van der Waals surface area (Å²) in [6.07, 6.45) is 0. The molecule has 0 atom stereocenters. The lowest BCUT2D eigenvalue weighted by Gasteiger charge is -2.27. The molecule has 2 saturated heterocycles. The van der Waals surface area contributed by atoms with Gasteiger partial charge in [0.1, 0.15) is 0 Å². The molecule has 1 aromatic carbocycles. The van der Waals surface area contributed by atoms with E-state index in [1.165, 1.54) is 0 Å². The van der Waals surface area contributed by atoms with Gasteiger partial charge in [-0.25, -0.2) is 0 Å². The van der Waals surface area contributed by atoms with Crippen LogP contribution in [0.15, 0.2) is 24.3 Å². The summed E-state index contributed by atoms with van der Waals surface area (Å²) in [4.78, 5) is 28.9. The first kappa shape index (κ1) is 17.8. The van der Waals surface area contributed by atoms with Crippen LogP contribution in [0, 0.1) is 0 Å². The molecule has 7 nitrogen and oxygen atoms in total. The summed E-state index contributed by atoms with van der Waals surface area (Å²) in [5, 5.41) is 2.93. The molecular weight excluding hydrogens is 322 g/mol. The minimum absolute atomic E-state index is 0.0498. The van der Waals surface area contributed by atoms with Crippen LogP contribution in [0.2, 0.25) is 0 Å². The summed E-state index contributed by atoms with van der Waals surface area (Å²) < 4.78 is 10.6. The monoisotopic (exact) mass is 347 g/mol. The molecule has 2 amide bonds. The Balaban J connectivity index is 1.52. The number of carbonyl (C=O) groups excluding carboxylic acids is 2. The minimum atomic E-state index is -0.148. The van der Waals surface area contributed by atoms with Gasteiger partial charge in [-0.1, -0.05) is 6.07 Å². The van der Waals surface area contributed by atoms with Crippen molar-refractivity contribution < 1.29 is 19.1 Å². The Labute approximate surface area is 147 Å². The second-order valence-corrected chi connectivity index (χ2v) is 6.20. The topological polar surface area (TPSA) is 71.1 Å². The van der Waals surface area contributed by atoms with E-state index in [1.807, 2.05) is 0 Å². The zero-order valence-corrected chi connectivity index (χ0v) is 14.4. The van der Waals surface area contributed by atoms with E-state index in [-0.39, 0.29) is 11.8 Å². The fourth-order valence-corrected chi connectivity index (χ4v) is 3.00. The fourth-order valence-electron chi connectivity index (χ4n) is 3.00. The van der Waals surface area contributed by atoms with E-state index in [9.17, 15) is 9.59 Å². The molecule has 0 radical (unpaired) electrons. The summed E-state index contributed by atoms with van der Waals surface area (Å²) in [5.74, 6) is -0.198. The van der Waals surface area contributed by atoms with Crippen molar-refractivity contribution in [1.29, 1.82) is 0 Å².